The van der Waals surface area contributed by atoms with E-state index in [4.69, 9.17) is 4.98 Å². The molecule has 3 aliphatic rings. The molecule has 29 heavy (non-hydrogen) atoms. The Labute approximate surface area is 168 Å². The number of fused-ring (bicyclic) bond motifs is 1. The maximum absolute atomic E-state index is 13.2. The number of Topliss-reactive ketones (excluding diaryl/α,β-unsaturated/α-hetero) is 1. The van der Waals surface area contributed by atoms with Gasteiger partial charge in [0.1, 0.15) is 11.6 Å². The highest BCUT2D eigenvalue weighted by Crippen LogP contribution is 2.44. The van der Waals surface area contributed by atoms with Gasteiger partial charge >= 0.3 is 0 Å². The summed E-state index contributed by atoms with van der Waals surface area (Å²) in [6, 6.07) is 6.81. The van der Waals surface area contributed by atoms with E-state index >= 15 is 0 Å². The molecule has 3 N–H and O–H groups in total. The van der Waals surface area contributed by atoms with Gasteiger partial charge in [-0.3, -0.25) is 14.6 Å². The third-order valence-corrected chi connectivity index (χ3v) is 6.10. The van der Waals surface area contributed by atoms with Gasteiger partial charge in [0.25, 0.3) is 5.56 Å². The van der Waals surface area contributed by atoms with E-state index in [9.17, 15) is 14.7 Å². The predicted octanol–water partition coefficient (Wildman–Crippen LogP) is 3.03. The van der Waals surface area contributed by atoms with Gasteiger partial charge in [0.15, 0.2) is 5.78 Å². The van der Waals surface area contributed by atoms with Crippen LogP contribution in [0.4, 0.5) is 11.8 Å². The molecule has 7 nitrogen and oxygen atoms in total. The maximum atomic E-state index is 13.2. The van der Waals surface area contributed by atoms with E-state index in [2.05, 4.69) is 15.2 Å². The van der Waals surface area contributed by atoms with Crippen LogP contribution < -0.4 is 15.8 Å². The number of ketones is 1. The van der Waals surface area contributed by atoms with Gasteiger partial charge in [0.05, 0.1) is 5.56 Å². The molecule has 1 aromatic heterocycles. The summed E-state index contributed by atoms with van der Waals surface area (Å²) in [5.74, 6) is 0.755. The molecule has 0 unspecified atom stereocenters. The molecule has 1 saturated heterocycles. The minimum atomic E-state index is -0.521. The number of benzene rings is 1. The van der Waals surface area contributed by atoms with Gasteiger partial charge in [0, 0.05) is 36.7 Å². The van der Waals surface area contributed by atoms with Crippen LogP contribution in [0.3, 0.4) is 0 Å². The van der Waals surface area contributed by atoms with Crippen LogP contribution in [0.15, 0.2) is 40.3 Å². The lowest BCUT2D eigenvalue weighted by Crippen LogP contribution is -2.36. The maximum Gasteiger partial charge on any atom is 0.258 e. The molecule has 1 aliphatic carbocycles. The smallest absolute Gasteiger partial charge is 0.258 e. The SMILES string of the molecule is O=C1CCCC2=C1[C@@H](c1cccc(O)c1)c1c(nc(N3CCCCC3)[nH]c1=O)N2. The van der Waals surface area contributed by atoms with Crippen molar-refractivity contribution < 1.29 is 9.90 Å². The van der Waals surface area contributed by atoms with Crippen LogP contribution >= 0.6 is 0 Å². The van der Waals surface area contributed by atoms with Crippen LogP contribution in [0.2, 0.25) is 0 Å². The predicted molar refractivity (Wildman–Crippen MR) is 110 cm³/mol. The second-order valence-corrected chi connectivity index (χ2v) is 8.02. The van der Waals surface area contributed by atoms with Crippen LogP contribution in [0.5, 0.6) is 5.75 Å². The van der Waals surface area contributed by atoms with Gasteiger partial charge in [-0.2, -0.15) is 4.98 Å². The summed E-state index contributed by atoms with van der Waals surface area (Å²) in [5.41, 5.74) is 2.43. The fraction of sp³-hybridized carbons (Fsp3) is 0.409. The summed E-state index contributed by atoms with van der Waals surface area (Å²) in [5, 5.41) is 13.3. The fourth-order valence-electron chi connectivity index (χ4n) is 4.74. The molecule has 1 fully saturated rings. The van der Waals surface area contributed by atoms with E-state index in [0.29, 0.717) is 29.3 Å². The van der Waals surface area contributed by atoms with Crippen LogP contribution in [-0.2, 0) is 4.79 Å². The Hall–Kier alpha value is -3.09. The van der Waals surface area contributed by atoms with Crippen LogP contribution in [0, 0.1) is 0 Å². The monoisotopic (exact) mass is 392 g/mol. The normalized spacial score (nSPS) is 21.4. The highest BCUT2D eigenvalue weighted by atomic mass is 16.3. The first-order valence-corrected chi connectivity index (χ1v) is 10.3. The van der Waals surface area contributed by atoms with E-state index in [1.807, 2.05) is 6.07 Å². The summed E-state index contributed by atoms with van der Waals surface area (Å²) in [4.78, 5) is 35.9. The average molecular weight is 392 g/mol. The van der Waals surface area contributed by atoms with Crippen molar-refractivity contribution in [1.82, 2.24) is 9.97 Å². The minimum Gasteiger partial charge on any atom is -0.508 e. The number of carbonyl (C=O) groups is 1. The molecule has 2 aromatic rings. The average Bonchev–Trinajstić information content (AvgIpc) is 2.73. The Morgan fingerprint density at radius 2 is 1.90 bits per heavy atom. The number of nitrogens with zero attached hydrogens (tertiary/aromatic N) is 2. The summed E-state index contributed by atoms with van der Waals surface area (Å²) < 4.78 is 0. The first-order valence-electron chi connectivity index (χ1n) is 10.3. The number of phenolic OH excluding ortho intramolecular Hbond substituents is 1. The topological polar surface area (TPSA) is 98.3 Å². The lowest BCUT2D eigenvalue weighted by atomic mass is 9.76. The first-order chi connectivity index (χ1) is 14.1. The molecule has 0 saturated carbocycles. The second kappa shape index (κ2) is 7.06. The van der Waals surface area contributed by atoms with Crippen LogP contribution in [0.1, 0.15) is 55.6 Å². The lowest BCUT2D eigenvalue weighted by molar-refractivity contribution is -0.116. The molecular weight excluding hydrogens is 368 g/mol. The van der Waals surface area contributed by atoms with Crippen molar-refractivity contribution in [2.45, 2.75) is 44.4 Å². The Balaban J connectivity index is 1.68. The fourth-order valence-corrected chi connectivity index (χ4v) is 4.74. The molecule has 0 bridgehead atoms. The van der Waals surface area contributed by atoms with Crippen LogP contribution in [0.25, 0.3) is 0 Å². The number of allylic oxidation sites excluding steroid dienone is 2. The van der Waals surface area contributed by atoms with Gasteiger partial charge in [-0.05, 0) is 49.8 Å². The largest absolute Gasteiger partial charge is 0.508 e. The quantitative estimate of drug-likeness (QED) is 0.727. The molecule has 2 aliphatic heterocycles. The molecule has 150 valence electrons. The highest BCUT2D eigenvalue weighted by Gasteiger charge is 2.38. The van der Waals surface area contributed by atoms with E-state index in [1.54, 1.807) is 18.2 Å². The zero-order valence-corrected chi connectivity index (χ0v) is 16.2. The zero-order valence-electron chi connectivity index (χ0n) is 16.2. The van der Waals surface area contributed by atoms with E-state index in [1.165, 1.54) is 6.42 Å². The summed E-state index contributed by atoms with van der Waals surface area (Å²) in [6.45, 7) is 1.76. The van der Waals surface area contributed by atoms with Crippen molar-refractivity contribution in [3.63, 3.8) is 0 Å². The van der Waals surface area contributed by atoms with Crippen molar-refractivity contribution in [3.05, 3.63) is 57.0 Å². The van der Waals surface area contributed by atoms with Crippen molar-refractivity contribution in [1.29, 1.82) is 0 Å². The molecule has 0 amide bonds. The Morgan fingerprint density at radius 3 is 2.69 bits per heavy atom. The third kappa shape index (κ3) is 3.10. The van der Waals surface area contributed by atoms with Crippen molar-refractivity contribution in [2.24, 2.45) is 0 Å². The van der Waals surface area contributed by atoms with Crippen molar-refractivity contribution in [3.8, 4) is 5.75 Å². The lowest BCUT2D eigenvalue weighted by Gasteiger charge is -2.34. The molecule has 1 aromatic carbocycles. The van der Waals surface area contributed by atoms with Gasteiger partial charge in [-0.15, -0.1) is 0 Å². The molecule has 1 atom stereocenters. The highest BCUT2D eigenvalue weighted by molar-refractivity contribution is 6.00. The summed E-state index contributed by atoms with van der Waals surface area (Å²) in [6.07, 6.45) is 5.39. The number of hydrogen-bond acceptors (Lipinski definition) is 6. The molecule has 5 rings (SSSR count). The van der Waals surface area contributed by atoms with Gasteiger partial charge in [-0.1, -0.05) is 12.1 Å². The number of carbonyl (C=O) groups excluding carboxylic acids is 1. The Morgan fingerprint density at radius 1 is 1.07 bits per heavy atom. The number of aromatic nitrogens is 2. The standard InChI is InChI=1S/C22H24N4O3/c27-14-7-4-6-13(12-14)17-18-15(8-5-9-16(18)28)23-20-19(17)21(29)25-22(24-20)26-10-2-1-3-11-26/h4,6-7,12,17,27H,1-3,5,8-11H2,(H2,23,24,25,29)/t17-/m1/s1. The van der Waals surface area contributed by atoms with E-state index < -0.39 is 5.92 Å². The Bertz CT molecular complexity index is 1070. The zero-order chi connectivity index (χ0) is 20.0. The number of H-pyrrole nitrogens is 1. The van der Waals surface area contributed by atoms with Gasteiger partial charge < -0.3 is 15.3 Å². The molecule has 0 spiro atoms. The summed E-state index contributed by atoms with van der Waals surface area (Å²) >= 11 is 0. The third-order valence-electron chi connectivity index (χ3n) is 6.10. The number of nitrogens with one attached hydrogen (secondary N) is 2. The number of piperidine rings is 1. The molecule has 7 heteroatoms. The van der Waals surface area contributed by atoms with Crippen LogP contribution in [-0.4, -0.2) is 33.9 Å². The number of aromatic amines is 1. The van der Waals surface area contributed by atoms with E-state index in [-0.39, 0.29) is 17.1 Å². The molecule has 3 heterocycles. The Kier molecular flexibility index (Phi) is 4.38. The number of anilines is 2. The van der Waals surface area contributed by atoms with Crippen molar-refractivity contribution in [2.75, 3.05) is 23.3 Å². The first kappa shape index (κ1) is 18.0. The second-order valence-electron chi connectivity index (χ2n) is 8.02. The van der Waals surface area contributed by atoms with Crippen molar-refractivity contribution >= 4 is 17.5 Å². The number of aromatic hydroxyl groups is 1. The number of hydrogen-bond donors (Lipinski definition) is 3. The van der Waals surface area contributed by atoms with Gasteiger partial charge in [0.2, 0.25) is 5.95 Å². The van der Waals surface area contributed by atoms with Gasteiger partial charge in [-0.25, -0.2) is 0 Å². The number of phenols is 1. The number of rotatable bonds is 2. The molecular formula is C22H24N4O3. The summed E-state index contributed by atoms with van der Waals surface area (Å²) in [7, 11) is 0. The molecule has 0 radical (unpaired) electrons. The van der Waals surface area contributed by atoms with E-state index in [0.717, 1.165) is 50.0 Å². The minimum absolute atomic E-state index is 0.0530.